The number of nitrogens with zero attached hydrogens (tertiary/aromatic N) is 2. The molecule has 1 aromatic rings. The van der Waals surface area contributed by atoms with Crippen LogP contribution in [0.4, 0.5) is 5.82 Å². The number of ether oxygens (including phenoxy) is 1. The highest BCUT2D eigenvalue weighted by Gasteiger charge is 2.39. The maximum absolute atomic E-state index is 5.89. The minimum Gasteiger partial charge on any atom is -0.383 e. The SMILES string of the molecule is COC1(c2nc(C)c(I)c(N)n2)CCCC1. The van der Waals surface area contributed by atoms with Crippen LogP contribution in [0.3, 0.4) is 0 Å². The Kier molecular flexibility index (Phi) is 3.34. The summed E-state index contributed by atoms with van der Waals surface area (Å²) in [6.45, 7) is 1.96. The summed E-state index contributed by atoms with van der Waals surface area (Å²) in [6, 6.07) is 0. The molecular weight excluding hydrogens is 317 g/mol. The van der Waals surface area contributed by atoms with E-state index in [0.29, 0.717) is 5.82 Å². The summed E-state index contributed by atoms with van der Waals surface area (Å²) in [5.74, 6) is 1.31. The van der Waals surface area contributed by atoms with E-state index in [1.54, 1.807) is 7.11 Å². The standard InChI is InChI=1S/C11H16IN3O/c1-7-8(12)9(13)15-10(14-7)11(16-2)5-3-4-6-11/h3-6H2,1-2H3,(H2,13,14,15). The number of hydrogen-bond donors (Lipinski definition) is 1. The number of nitrogens with two attached hydrogens (primary N) is 1. The highest BCUT2D eigenvalue weighted by molar-refractivity contribution is 14.1. The van der Waals surface area contributed by atoms with Gasteiger partial charge in [0, 0.05) is 7.11 Å². The van der Waals surface area contributed by atoms with E-state index in [2.05, 4.69) is 32.6 Å². The molecule has 16 heavy (non-hydrogen) atoms. The first kappa shape index (κ1) is 12.0. The number of aromatic nitrogens is 2. The molecule has 0 spiro atoms. The summed E-state index contributed by atoms with van der Waals surface area (Å²) in [6.07, 6.45) is 4.32. The number of hydrogen-bond acceptors (Lipinski definition) is 4. The van der Waals surface area contributed by atoms with Gasteiger partial charge in [0.1, 0.15) is 11.4 Å². The third-order valence-corrected chi connectivity index (χ3v) is 4.59. The van der Waals surface area contributed by atoms with Crippen molar-refractivity contribution in [3.05, 3.63) is 15.1 Å². The Morgan fingerprint density at radius 3 is 2.44 bits per heavy atom. The van der Waals surface area contributed by atoms with Gasteiger partial charge in [-0.15, -0.1) is 0 Å². The van der Waals surface area contributed by atoms with Gasteiger partial charge in [-0.25, -0.2) is 9.97 Å². The van der Waals surface area contributed by atoms with E-state index in [1.807, 2.05) is 6.92 Å². The van der Waals surface area contributed by atoms with Gasteiger partial charge in [0.15, 0.2) is 5.82 Å². The van der Waals surface area contributed by atoms with E-state index in [9.17, 15) is 0 Å². The molecule has 0 amide bonds. The number of aryl methyl sites for hydroxylation is 1. The van der Waals surface area contributed by atoms with Crippen LogP contribution in [0.1, 0.15) is 37.2 Å². The Morgan fingerprint density at radius 1 is 1.31 bits per heavy atom. The summed E-state index contributed by atoms with van der Waals surface area (Å²) in [5.41, 5.74) is 6.52. The van der Waals surface area contributed by atoms with Crippen molar-refractivity contribution in [2.45, 2.75) is 38.2 Å². The Balaban J connectivity index is 2.47. The molecule has 4 nitrogen and oxygen atoms in total. The zero-order chi connectivity index (χ0) is 11.8. The fraction of sp³-hybridized carbons (Fsp3) is 0.636. The van der Waals surface area contributed by atoms with Crippen molar-refractivity contribution in [2.75, 3.05) is 12.8 Å². The molecule has 0 aromatic carbocycles. The van der Waals surface area contributed by atoms with E-state index in [4.69, 9.17) is 10.5 Å². The van der Waals surface area contributed by atoms with Crippen LogP contribution < -0.4 is 5.73 Å². The van der Waals surface area contributed by atoms with Crippen molar-refractivity contribution >= 4 is 28.4 Å². The second kappa shape index (κ2) is 4.44. The van der Waals surface area contributed by atoms with E-state index >= 15 is 0 Å². The first-order chi connectivity index (χ1) is 7.59. The lowest BCUT2D eigenvalue weighted by Gasteiger charge is -2.26. The minimum atomic E-state index is -0.302. The third kappa shape index (κ3) is 1.90. The summed E-state index contributed by atoms with van der Waals surface area (Å²) in [4.78, 5) is 8.93. The molecule has 0 atom stereocenters. The molecule has 1 aromatic heterocycles. The summed E-state index contributed by atoms with van der Waals surface area (Å²) < 4.78 is 6.59. The van der Waals surface area contributed by atoms with Crippen molar-refractivity contribution in [3.63, 3.8) is 0 Å². The van der Waals surface area contributed by atoms with Gasteiger partial charge in [-0.3, -0.25) is 0 Å². The molecule has 0 aliphatic heterocycles. The van der Waals surface area contributed by atoms with Crippen LogP contribution in [-0.4, -0.2) is 17.1 Å². The van der Waals surface area contributed by atoms with Crippen LogP contribution in [-0.2, 0) is 10.3 Å². The monoisotopic (exact) mass is 333 g/mol. The molecule has 5 heteroatoms. The number of methoxy groups -OCH3 is 1. The number of nitrogen functional groups attached to an aromatic ring is 1. The molecule has 2 N–H and O–H groups in total. The quantitative estimate of drug-likeness (QED) is 0.845. The second-order valence-corrected chi connectivity index (χ2v) is 5.32. The number of rotatable bonds is 2. The van der Waals surface area contributed by atoms with Gasteiger partial charge in [-0.05, 0) is 55.2 Å². The number of halogens is 1. The molecule has 1 fully saturated rings. The summed E-state index contributed by atoms with van der Waals surface area (Å²) >= 11 is 2.17. The molecule has 1 saturated carbocycles. The van der Waals surface area contributed by atoms with Gasteiger partial charge in [-0.1, -0.05) is 0 Å². The van der Waals surface area contributed by atoms with Crippen molar-refractivity contribution < 1.29 is 4.74 Å². The molecule has 0 unspecified atom stereocenters. The Morgan fingerprint density at radius 2 is 1.94 bits per heavy atom. The number of anilines is 1. The Labute approximate surface area is 109 Å². The molecular formula is C11H16IN3O. The van der Waals surface area contributed by atoms with E-state index in [1.165, 1.54) is 12.8 Å². The molecule has 1 aliphatic rings. The average molecular weight is 333 g/mol. The first-order valence-electron chi connectivity index (χ1n) is 5.44. The molecule has 1 heterocycles. The molecule has 1 aliphatic carbocycles. The van der Waals surface area contributed by atoms with Crippen LogP contribution >= 0.6 is 22.6 Å². The van der Waals surface area contributed by atoms with Crippen LogP contribution in [0.5, 0.6) is 0 Å². The zero-order valence-corrected chi connectivity index (χ0v) is 11.7. The van der Waals surface area contributed by atoms with Crippen molar-refractivity contribution in [1.29, 1.82) is 0 Å². The van der Waals surface area contributed by atoms with Crippen LogP contribution in [0.2, 0.25) is 0 Å². The first-order valence-corrected chi connectivity index (χ1v) is 6.52. The Bertz CT molecular complexity index is 379. The zero-order valence-electron chi connectivity index (χ0n) is 9.59. The van der Waals surface area contributed by atoms with Crippen LogP contribution in [0.15, 0.2) is 0 Å². The molecule has 0 bridgehead atoms. The molecule has 88 valence electrons. The normalized spacial score (nSPS) is 18.9. The van der Waals surface area contributed by atoms with Gasteiger partial charge in [0.05, 0.1) is 9.26 Å². The predicted octanol–water partition coefficient (Wildman–Crippen LogP) is 2.39. The topological polar surface area (TPSA) is 61.0 Å². The third-order valence-electron chi connectivity index (χ3n) is 3.25. The lowest BCUT2D eigenvalue weighted by Crippen LogP contribution is -2.28. The highest BCUT2D eigenvalue weighted by Crippen LogP contribution is 2.40. The van der Waals surface area contributed by atoms with Crippen molar-refractivity contribution in [1.82, 2.24) is 9.97 Å². The maximum Gasteiger partial charge on any atom is 0.162 e. The van der Waals surface area contributed by atoms with Crippen molar-refractivity contribution in [2.24, 2.45) is 0 Å². The highest BCUT2D eigenvalue weighted by atomic mass is 127. The summed E-state index contributed by atoms with van der Waals surface area (Å²) in [7, 11) is 1.73. The van der Waals surface area contributed by atoms with Gasteiger partial charge in [0.2, 0.25) is 0 Å². The second-order valence-electron chi connectivity index (χ2n) is 4.24. The van der Waals surface area contributed by atoms with Gasteiger partial charge >= 0.3 is 0 Å². The molecule has 0 saturated heterocycles. The lowest BCUT2D eigenvalue weighted by molar-refractivity contribution is -0.0163. The summed E-state index contributed by atoms with van der Waals surface area (Å²) in [5, 5.41) is 0. The lowest BCUT2D eigenvalue weighted by atomic mass is 10.0. The van der Waals surface area contributed by atoms with Crippen LogP contribution in [0, 0.1) is 10.5 Å². The van der Waals surface area contributed by atoms with Gasteiger partial charge in [0.25, 0.3) is 0 Å². The van der Waals surface area contributed by atoms with E-state index in [0.717, 1.165) is 27.9 Å². The predicted molar refractivity (Wildman–Crippen MR) is 71.1 cm³/mol. The minimum absolute atomic E-state index is 0.302. The fourth-order valence-corrected chi connectivity index (χ4v) is 2.49. The van der Waals surface area contributed by atoms with Crippen molar-refractivity contribution in [3.8, 4) is 0 Å². The van der Waals surface area contributed by atoms with E-state index < -0.39 is 0 Å². The van der Waals surface area contributed by atoms with Gasteiger partial charge < -0.3 is 10.5 Å². The average Bonchev–Trinajstić information content (AvgIpc) is 2.75. The molecule has 0 radical (unpaired) electrons. The largest absolute Gasteiger partial charge is 0.383 e. The van der Waals surface area contributed by atoms with Gasteiger partial charge in [-0.2, -0.15) is 0 Å². The maximum atomic E-state index is 5.89. The Hall–Kier alpha value is -0.430. The smallest absolute Gasteiger partial charge is 0.162 e. The fourth-order valence-electron chi connectivity index (χ4n) is 2.25. The van der Waals surface area contributed by atoms with Crippen LogP contribution in [0.25, 0.3) is 0 Å². The van der Waals surface area contributed by atoms with E-state index in [-0.39, 0.29) is 5.60 Å². The molecule has 2 rings (SSSR count).